The Bertz CT molecular complexity index is 369. The van der Waals surface area contributed by atoms with Crippen LogP contribution < -0.4 is 10.6 Å². The second-order valence-corrected chi connectivity index (χ2v) is 4.01. The van der Waals surface area contributed by atoms with Crippen LogP contribution in [0.5, 0.6) is 0 Å². The average Bonchev–Trinajstić information content (AvgIpc) is 2.28. The number of amides is 2. The fourth-order valence-electron chi connectivity index (χ4n) is 1.41. The maximum atomic E-state index is 11.5. The molecule has 1 heterocycles. The summed E-state index contributed by atoms with van der Waals surface area (Å²) in [6.45, 7) is 4.28. The van der Waals surface area contributed by atoms with Crippen molar-refractivity contribution in [2.24, 2.45) is 0 Å². The first-order chi connectivity index (χ1) is 8.13. The van der Waals surface area contributed by atoms with E-state index in [1.807, 2.05) is 26.0 Å². The van der Waals surface area contributed by atoms with E-state index in [2.05, 4.69) is 15.6 Å². The summed E-state index contributed by atoms with van der Waals surface area (Å²) in [4.78, 5) is 15.7. The number of carbonyl (C=O) groups is 1. The molecule has 1 aromatic heterocycles. The number of nitrogens with one attached hydrogen (secondary N) is 2. The number of aromatic nitrogens is 1. The lowest BCUT2D eigenvalue weighted by atomic mass is 10.2. The quantitative estimate of drug-likeness (QED) is 0.714. The molecule has 5 heteroatoms. The summed E-state index contributed by atoms with van der Waals surface area (Å²) >= 11 is 0. The summed E-state index contributed by atoms with van der Waals surface area (Å²) in [6, 6.07) is 3.54. The molecular weight excluding hydrogens is 218 g/mol. The summed E-state index contributed by atoms with van der Waals surface area (Å²) in [5, 5.41) is 14.2. The van der Waals surface area contributed by atoms with E-state index >= 15 is 0 Å². The van der Waals surface area contributed by atoms with Gasteiger partial charge < -0.3 is 15.7 Å². The first-order valence-electron chi connectivity index (χ1n) is 5.69. The van der Waals surface area contributed by atoms with E-state index in [-0.39, 0.29) is 18.7 Å². The Morgan fingerprint density at radius 2 is 2.35 bits per heavy atom. The first-order valence-corrected chi connectivity index (χ1v) is 5.69. The van der Waals surface area contributed by atoms with E-state index in [0.29, 0.717) is 13.0 Å². The summed E-state index contributed by atoms with van der Waals surface area (Å²) < 4.78 is 0. The maximum Gasteiger partial charge on any atom is 0.315 e. The van der Waals surface area contributed by atoms with E-state index in [4.69, 9.17) is 5.11 Å². The number of hydrogen-bond acceptors (Lipinski definition) is 3. The summed E-state index contributed by atoms with van der Waals surface area (Å²) in [5.74, 6) is 0. The van der Waals surface area contributed by atoms with Crippen molar-refractivity contribution in [3.05, 3.63) is 29.6 Å². The van der Waals surface area contributed by atoms with Crippen LogP contribution in [0, 0.1) is 6.92 Å². The van der Waals surface area contributed by atoms with Crippen LogP contribution >= 0.6 is 0 Å². The molecule has 0 fully saturated rings. The largest absolute Gasteiger partial charge is 0.396 e. The molecule has 3 N–H and O–H groups in total. The molecule has 0 aromatic carbocycles. The number of urea groups is 1. The molecule has 5 nitrogen and oxygen atoms in total. The van der Waals surface area contributed by atoms with Crippen LogP contribution in [0.1, 0.15) is 24.6 Å². The lowest BCUT2D eigenvalue weighted by Crippen LogP contribution is -2.40. The number of aliphatic hydroxyl groups excluding tert-OH is 1. The molecule has 0 aliphatic heterocycles. The average molecular weight is 237 g/mol. The van der Waals surface area contributed by atoms with Crippen molar-refractivity contribution in [2.45, 2.75) is 32.9 Å². The van der Waals surface area contributed by atoms with Crippen molar-refractivity contribution in [1.82, 2.24) is 15.6 Å². The Hall–Kier alpha value is -1.62. The highest BCUT2D eigenvalue weighted by atomic mass is 16.3. The highest BCUT2D eigenvalue weighted by Gasteiger charge is 2.06. The van der Waals surface area contributed by atoms with Crippen LogP contribution in [0.4, 0.5) is 4.79 Å². The summed E-state index contributed by atoms with van der Waals surface area (Å²) in [7, 11) is 0. The van der Waals surface area contributed by atoms with Gasteiger partial charge in [0.05, 0.1) is 12.2 Å². The van der Waals surface area contributed by atoms with Gasteiger partial charge in [0.15, 0.2) is 0 Å². The maximum absolute atomic E-state index is 11.5. The third-order valence-electron chi connectivity index (χ3n) is 2.47. The van der Waals surface area contributed by atoms with Crippen molar-refractivity contribution < 1.29 is 9.90 Å². The Labute approximate surface area is 101 Å². The van der Waals surface area contributed by atoms with E-state index in [1.165, 1.54) is 0 Å². The fraction of sp³-hybridized carbons (Fsp3) is 0.500. The minimum Gasteiger partial charge on any atom is -0.396 e. The molecule has 0 radical (unpaired) electrons. The van der Waals surface area contributed by atoms with Gasteiger partial charge in [0.2, 0.25) is 0 Å². The second-order valence-electron chi connectivity index (χ2n) is 4.01. The molecule has 1 aromatic rings. The third-order valence-corrected chi connectivity index (χ3v) is 2.47. The van der Waals surface area contributed by atoms with E-state index in [0.717, 1.165) is 11.3 Å². The molecule has 1 rings (SSSR count). The number of aryl methyl sites for hydroxylation is 1. The number of hydrogen-bond donors (Lipinski definition) is 3. The van der Waals surface area contributed by atoms with Crippen LogP contribution in [0.25, 0.3) is 0 Å². The zero-order chi connectivity index (χ0) is 12.7. The Balaban J connectivity index is 2.36. The van der Waals surface area contributed by atoms with Gasteiger partial charge in [-0.2, -0.15) is 0 Å². The Morgan fingerprint density at radius 1 is 1.59 bits per heavy atom. The zero-order valence-corrected chi connectivity index (χ0v) is 10.2. The van der Waals surface area contributed by atoms with E-state index in [1.54, 1.807) is 6.20 Å². The molecule has 94 valence electrons. The van der Waals surface area contributed by atoms with E-state index in [9.17, 15) is 4.79 Å². The fourth-order valence-corrected chi connectivity index (χ4v) is 1.41. The van der Waals surface area contributed by atoms with Gasteiger partial charge in [-0.05, 0) is 31.9 Å². The zero-order valence-electron chi connectivity index (χ0n) is 10.2. The number of rotatable bonds is 5. The van der Waals surface area contributed by atoms with Crippen molar-refractivity contribution in [3.8, 4) is 0 Å². The molecular formula is C12H19N3O2. The molecule has 0 spiro atoms. The van der Waals surface area contributed by atoms with Gasteiger partial charge in [-0.3, -0.25) is 4.98 Å². The van der Waals surface area contributed by atoms with Crippen LogP contribution in [-0.4, -0.2) is 28.8 Å². The third kappa shape index (κ3) is 4.82. The lowest BCUT2D eigenvalue weighted by molar-refractivity contribution is 0.230. The van der Waals surface area contributed by atoms with Gasteiger partial charge in [0, 0.05) is 18.8 Å². The molecule has 17 heavy (non-hydrogen) atoms. The minimum atomic E-state index is -0.240. The van der Waals surface area contributed by atoms with Crippen LogP contribution in [-0.2, 0) is 6.54 Å². The molecule has 0 saturated heterocycles. The van der Waals surface area contributed by atoms with Crippen molar-refractivity contribution in [1.29, 1.82) is 0 Å². The predicted octanol–water partition coefficient (Wildman–Crippen LogP) is 0.960. The SMILES string of the molecule is Cc1cccnc1CNC(=O)N[C@H](C)CCO. The van der Waals surface area contributed by atoms with Gasteiger partial charge in [-0.1, -0.05) is 6.07 Å². The number of aliphatic hydroxyl groups is 1. The van der Waals surface area contributed by atoms with Crippen LogP contribution in [0.3, 0.4) is 0 Å². The van der Waals surface area contributed by atoms with Crippen LogP contribution in [0.15, 0.2) is 18.3 Å². The van der Waals surface area contributed by atoms with Gasteiger partial charge >= 0.3 is 6.03 Å². The van der Waals surface area contributed by atoms with Gasteiger partial charge in [0.1, 0.15) is 0 Å². The van der Waals surface area contributed by atoms with Gasteiger partial charge in [0.25, 0.3) is 0 Å². The molecule has 2 amide bonds. The second kappa shape index (κ2) is 6.85. The van der Waals surface area contributed by atoms with Gasteiger partial charge in [-0.15, -0.1) is 0 Å². The normalized spacial score (nSPS) is 11.9. The van der Waals surface area contributed by atoms with Crippen molar-refractivity contribution >= 4 is 6.03 Å². The molecule has 0 bridgehead atoms. The highest BCUT2D eigenvalue weighted by Crippen LogP contribution is 2.01. The summed E-state index contributed by atoms with van der Waals surface area (Å²) in [5.41, 5.74) is 1.91. The van der Waals surface area contributed by atoms with Gasteiger partial charge in [-0.25, -0.2) is 4.79 Å². The number of carbonyl (C=O) groups excluding carboxylic acids is 1. The Morgan fingerprint density at radius 3 is 3.00 bits per heavy atom. The molecule has 0 aliphatic rings. The molecule has 0 unspecified atom stereocenters. The highest BCUT2D eigenvalue weighted by molar-refractivity contribution is 5.74. The monoisotopic (exact) mass is 237 g/mol. The standard InChI is InChI=1S/C12H19N3O2/c1-9-4-3-6-13-11(9)8-14-12(17)15-10(2)5-7-16/h3-4,6,10,16H,5,7-8H2,1-2H3,(H2,14,15,17)/t10-/m1/s1. The topological polar surface area (TPSA) is 74.2 Å². The molecule has 0 aliphatic carbocycles. The van der Waals surface area contributed by atoms with Crippen molar-refractivity contribution in [2.75, 3.05) is 6.61 Å². The Kier molecular flexibility index (Phi) is 5.42. The number of nitrogens with zero attached hydrogens (tertiary/aromatic N) is 1. The first kappa shape index (κ1) is 13.4. The molecule has 0 saturated carbocycles. The smallest absolute Gasteiger partial charge is 0.315 e. The summed E-state index contributed by atoms with van der Waals surface area (Å²) in [6.07, 6.45) is 2.26. The predicted molar refractivity (Wildman–Crippen MR) is 65.5 cm³/mol. The van der Waals surface area contributed by atoms with E-state index < -0.39 is 0 Å². The molecule has 1 atom stereocenters. The lowest BCUT2D eigenvalue weighted by Gasteiger charge is -2.13. The van der Waals surface area contributed by atoms with Crippen LogP contribution in [0.2, 0.25) is 0 Å². The van der Waals surface area contributed by atoms with Crippen molar-refractivity contribution in [3.63, 3.8) is 0 Å². The minimum absolute atomic E-state index is 0.0372. The number of pyridine rings is 1.